The van der Waals surface area contributed by atoms with E-state index in [0.29, 0.717) is 23.3 Å². The molecule has 0 aliphatic carbocycles. The van der Waals surface area contributed by atoms with Gasteiger partial charge in [-0.25, -0.2) is 4.79 Å². The molecule has 0 aliphatic rings. The van der Waals surface area contributed by atoms with Gasteiger partial charge in [0.2, 0.25) is 0 Å². The molecular weight excluding hydrogens is 248 g/mol. The van der Waals surface area contributed by atoms with Crippen LogP contribution in [0.15, 0.2) is 18.2 Å². The lowest BCUT2D eigenvalue weighted by molar-refractivity contribution is 0.0600. The molecule has 5 heteroatoms. The van der Waals surface area contributed by atoms with Gasteiger partial charge in [0, 0.05) is 0 Å². The first-order chi connectivity index (χ1) is 8.37. The van der Waals surface area contributed by atoms with Gasteiger partial charge in [-0.2, -0.15) is 0 Å². The number of methoxy groups -OCH3 is 2. The Morgan fingerprint density at radius 2 is 1.83 bits per heavy atom. The highest BCUT2D eigenvalue weighted by Crippen LogP contribution is 2.28. The van der Waals surface area contributed by atoms with Crippen molar-refractivity contribution in [1.82, 2.24) is 0 Å². The minimum absolute atomic E-state index is 0.384. The standard InChI is InChI=1S/C13H20O4Si/c1-15-12-8-10(13(14)16-2)6-7-11(12)17-9-18(3,4)5/h6-8H,9H2,1-5H3. The number of carbonyl (C=O) groups excluding carboxylic acids is 1. The number of esters is 1. The van der Waals surface area contributed by atoms with Crippen molar-refractivity contribution in [3.63, 3.8) is 0 Å². The van der Waals surface area contributed by atoms with Gasteiger partial charge in [0.25, 0.3) is 0 Å². The first-order valence-electron chi connectivity index (χ1n) is 5.76. The van der Waals surface area contributed by atoms with Gasteiger partial charge in [0.1, 0.15) is 0 Å². The molecule has 0 unspecified atom stereocenters. The number of hydrogen-bond acceptors (Lipinski definition) is 4. The Bertz CT molecular complexity index is 423. The van der Waals surface area contributed by atoms with E-state index in [1.54, 1.807) is 25.3 Å². The number of carbonyl (C=O) groups is 1. The summed E-state index contributed by atoms with van der Waals surface area (Å²) >= 11 is 0. The number of benzene rings is 1. The Balaban J connectivity index is 2.90. The molecule has 4 nitrogen and oxygen atoms in total. The maximum atomic E-state index is 11.4. The van der Waals surface area contributed by atoms with Crippen LogP contribution in [0, 0.1) is 0 Å². The van der Waals surface area contributed by atoms with Gasteiger partial charge in [0.05, 0.1) is 34.1 Å². The van der Waals surface area contributed by atoms with Crippen molar-refractivity contribution in [3.8, 4) is 11.5 Å². The topological polar surface area (TPSA) is 44.8 Å². The highest BCUT2D eigenvalue weighted by atomic mass is 28.3. The van der Waals surface area contributed by atoms with Crippen LogP contribution in [0.4, 0.5) is 0 Å². The summed E-state index contributed by atoms with van der Waals surface area (Å²) in [6.45, 7) is 6.67. The van der Waals surface area contributed by atoms with E-state index < -0.39 is 8.07 Å². The number of ether oxygens (including phenoxy) is 3. The Morgan fingerprint density at radius 3 is 2.33 bits per heavy atom. The second kappa shape index (κ2) is 5.91. The Kier molecular flexibility index (Phi) is 4.78. The van der Waals surface area contributed by atoms with Crippen molar-refractivity contribution >= 4 is 14.0 Å². The molecule has 18 heavy (non-hydrogen) atoms. The molecule has 0 aliphatic heterocycles. The third-order valence-corrected chi connectivity index (χ3v) is 3.26. The molecule has 0 amide bonds. The molecule has 0 spiro atoms. The molecule has 0 N–H and O–H groups in total. The molecule has 0 atom stereocenters. The van der Waals surface area contributed by atoms with Crippen LogP contribution in [0.2, 0.25) is 19.6 Å². The van der Waals surface area contributed by atoms with Crippen LogP contribution >= 0.6 is 0 Å². The summed E-state index contributed by atoms with van der Waals surface area (Å²) < 4.78 is 15.6. The maximum Gasteiger partial charge on any atom is 0.337 e. The van der Waals surface area contributed by atoms with Crippen LogP contribution in [0.25, 0.3) is 0 Å². The van der Waals surface area contributed by atoms with Gasteiger partial charge < -0.3 is 14.2 Å². The van der Waals surface area contributed by atoms with Crippen molar-refractivity contribution in [2.75, 3.05) is 20.4 Å². The zero-order chi connectivity index (χ0) is 13.8. The normalized spacial score (nSPS) is 10.9. The van der Waals surface area contributed by atoms with E-state index in [-0.39, 0.29) is 5.97 Å². The van der Waals surface area contributed by atoms with Gasteiger partial charge in [-0.15, -0.1) is 0 Å². The fraction of sp³-hybridized carbons (Fsp3) is 0.462. The maximum absolute atomic E-state index is 11.4. The lowest BCUT2D eigenvalue weighted by Crippen LogP contribution is -2.30. The van der Waals surface area contributed by atoms with Crippen molar-refractivity contribution in [2.24, 2.45) is 0 Å². The van der Waals surface area contributed by atoms with Crippen LogP contribution in [0.1, 0.15) is 10.4 Å². The Hall–Kier alpha value is -1.49. The van der Waals surface area contributed by atoms with Crippen molar-refractivity contribution < 1.29 is 19.0 Å². The molecule has 0 saturated carbocycles. The van der Waals surface area contributed by atoms with Gasteiger partial charge in [0.15, 0.2) is 11.5 Å². The lowest BCUT2D eigenvalue weighted by Gasteiger charge is -2.18. The van der Waals surface area contributed by atoms with Crippen LogP contribution in [-0.4, -0.2) is 34.5 Å². The molecule has 1 aromatic rings. The van der Waals surface area contributed by atoms with E-state index in [0.717, 1.165) is 0 Å². The highest BCUT2D eigenvalue weighted by Gasteiger charge is 2.17. The zero-order valence-corrected chi connectivity index (χ0v) is 12.6. The predicted molar refractivity (Wildman–Crippen MR) is 73.2 cm³/mol. The number of rotatable bonds is 5. The van der Waals surface area contributed by atoms with E-state index in [1.165, 1.54) is 7.11 Å². The monoisotopic (exact) mass is 268 g/mol. The molecule has 0 bridgehead atoms. The van der Waals surface area contributed by atoms with Crippen LogP contribution in [0.3, 0.4) is 0 Å². The van der Waals surface area contributed by atoms with E-state index >= 15 is 0 Å². The van der Waals surface area contributed by atoms with E-state index in [9.17, 15) is 4.79 Å². The first kappa shape index (κ1) is 14.6. The van der Waals surface area contributed by atoms with Crippen LogP contribution in [0.5, 0.6) is 11.5 Å². The van der Waals surface area contributed by atoms with E-state index in [2.05, 4.69) is 24.4 Å². The summed E-state index contributed by atoms with van der Waals surface area (Å²) in [5.41, 5.74) is 0.453. The van der Waals surface area contributed by atoms with Crippen molar-refractivity contribution in [3.05, 3.63) is 23.8 Å². The summed E-state index contributed by atoms with van der Waals surface area (Å²) in [6.07, 6.45) is 0.709. The van der Waals surface area contributed by atoms with E-state index in [1.807, 2.05) is 0 Å². The highest BCUT2D eigenvalue weighted by molar-refractivity contribution is 6.76. The number of hydrogen-bond donors (Lipinski definition) is 0. The summed E-state index contributed by atoms with van der Waals surface area (Å²) in [5, 5.41) is 0. The second-order valence-corrected chi connectivity index (χ2v) is 10.6. The van der Waals surface area contributed by atoms with Gasteiger partial charge in [-0.1, -0.05) is 19.6 Å². The first-order valence-corrected chi connectivity index (χ1v) is 9.47. The van der Waals surface area contributed by atoms with Crippen molar-refractivity contribution in [2.45, 2.75) is 19.6 Å². The Labute approximate surface area is 109 Å². The van der Waals surface area contributed by atoms with Gasteiger partial charge in [-0.3, -0.25) is 0 Å². The average Bonchev–Trinajstić information content (AvgIpc) is 2.34. The SMILES string of the molecule is COC(=O)c1ccc(OC[Si](C)(C)C)c(OC)c1. The molecule has 0 radical (unpaired) electrons. The minimum Gasteiger partial charge on any atom is -0.493 e. The fourth-order valence-electron chi connectivity index (χ4n) is 1.33. The zero-order valence-electron chi connectivity index (χ0n) is 11.6. The Morgan fingerprint density at radius 1 is 1.17 bits per heavy atom. The lowest BCUT2D eigenvalue weighted by atomic mass is 10.2. The second-order valence-electron chi connectivity index (χ2n) is 5.21. The molecule has 0 fully saturated rings. The smallest absolute Gasteiger partial charge is 0.337 e. The minimum atomic E-state index is -1.29. The third-order valence-electron chi connectivity index (χ3n) is 2.25. The summed E-state index contributed by atoms with van der Waals surface area (Å²) in [6, 6.07) is 5.05. The largest absolute Gasteiger partial charge is 0.493 e. The third kappa shape index (κ3) is 4.07. The molecule has 1 aromatic carbocycles. The predicted octanol–water partition coefficient (Wildman–Crippen LogP) is 2.74. The average molecular weight is 268 g/mol. The summed E-state index contributed by atoms with van der Waals surface area (Å²) in [4.78, 5) is 11.4. The van der Waals surface area contributed by atoms with Crippen molar-refractivity contribution in [1.29, 1.82) is 0 Å². The molecule has 0 aromatic heterocycles. The quantitative estimate of drug-likeness (QED) is 0.608. The summed E-state index contributed by atoms with van der Waals surface area (Å²) in [7, 11) is 1.62. The van der Waals surface area contributed by atoms with Crippen LogP contribution in [-0.2, 0) is 4.74 Å². The molecule has 1 rings (SSSR count). The van der Waals surface area contributed by atoms with Crippen LogP contribution < -0.4 is 9.47 Å². The summed E-state index contributed by atoms with van der Waals surface area (Å²) in [5.74, 6) is 0.828. The van der Waals surface area contributed by atoms with Gasteiger partial charge >= 0.3 is 5.97 Å². The molecule has 0 saturated heterocycles. The van der Waals surface area contributed by atoms with Gasteiger partial charge in [-0.05, 0) is 18.2 Å². The fourth-order valence-corrected chi connectivity index (χ4v) is 1.91. The molecule has 100 valence electrons. The molecular formula is C13H20O4Si. The van der Waals surface area contributed by atoms with E-state index in [4.69, 9.17) is 9.47 Å². The molecule has 0 heterocycles.